The second-order valence-electron chi connectivity index (χ2n) is 6.30. The predicted octanol–water partition coefficient (Wildman–Crippen LogP) is 2.17. The number of nitrogens with zero attached hydrogens (tertiary/aromatic N) is 1. The van der Waals surface area contributed by atoms with E-state index in [0.29, 0.717) is 45.6 Å². The third-order valence-corrected chi connectivity index (χ3v) is 4.57. The molecule has 0 fully saturated rings. The Labute approximate surface area is 173 Å². The summed E-state index contributed by atoms with van der Waals surface area (Å²) in [6.45, 7) is 0.188. The van der Waals surface area contributed by atoms with E-state index in [0.717, 1.165) is 0 Å². The molecule has 4 N–H and O–H groups in total. The number of hydrogen-bond acceptors (Lipinski definition) is 6. The normalized spacial score (nSPS) is 13.4. The number of methoxy groups -OCH3 is 1. The molecule has 29 heavy (non-hydrogen) atoms. The minimum absolute atomic E-state index is 0.273. The van der Waals surface area contributed by atoms with Crippen molar-refractivity contribution in [1.82, 2.24) is 10.4 Å². The fourth-order valence-corrected chi connectivity index (χ4v) is 3.18. The Balaban J connectivity index is 1.92. The summed E-state index contributed by atoms with van der Waals surface area (Å²) in [5.41, 5.74) is 10.6. The number of rotatable bonds is 7. The van der Waals surface area contributed by atoms with Crippen molar-refractivity contribution in [3.8, 4) is 11.5 Å². The number of nitrogens with one attached hydrogen (secondary N) is 2. The summed E-state index contributed by atoms with van der Waals surface area (Å²) >= 11 is 6.36. The van der Waals surface area contributed by atoms with E-state index in [1.807, 2.05) is 7.05 Å². The molecule has 152 valence electrons. The maximum atomic E-state index is 12.6. The largest absolute Gasteiger partial charge is 0.497 e. The molecule has 1 aliphatic heterocycles. The lowest BCUT2D eigenvalue weighted by Crippen LogP contribution is -2.27. The maximum absolute atomic E-state index is 12.6. The zero-order valence-corrected chi connectivity index (χ0v) is 16.7. The molecule has 0 aromatic heterocycles. The first-order chi connectivity index (χ1) is 13.9. The van der Waals surface area contributed by atoms with Crippen LogP contribution in [-0.2, 0) is 4.79 Å². The summed E-state index contributed by atoms with van der Waals surface area (Å²) in [5.74, 6) is 0.124. The van der Waals surface area contributed by atoms with Gasteiger partial charge in [-0.3, -0.25) is 9.59 Å². The van der Waals surface area contributed by atoms with E-state index < -0.39 is 5.91 Å². The lowest BCUT2D eigenvalue weighted by molar-refractivity contribution is -0.119. The molecule has 0 saturated carbocycles. The third-order valence-electron chi connectivity index (χ3n) is 4.26. The van der Waals surface area contributed by atoms with Crippen LogP contribution in [0.15, 0.2) is 47.5 Å². The summed E-state index contributed by atoms with van der Waals surface area (Å²) in [7, 11) is 3.35. The van der Waals surface area contributed by atoms with Gasteiger partial charge in [-0.1, -0.05) is 17.7 Å². The van der Waals surface area contributed by atoms with Gasteiger partial charge in [-0.05, 0) is 36.4 Å². The van der Waals surface area contributed by atoms with Crippen LogP contribution in [0.4, 0.5) is 5.69 Å². The van der Waals surface area contributed by atoms with Crippen molar-refractivity contribution in [2.45, 2.75) is 0 Å². The number of nitrogens with two attached hydrogens (primary N) is 1. The highest BCUT2D eigenvalue weighted by Gasteiger charge is 2.23. The van der Waals surface area contributed by atoms with Crippen molar-refractivity contribution in [3.63, 3.8) is 0 Å². The van der Waals surface area contributed by atoms with E-state index in [4.69, 9.17) is 26.8 Å². The predicted molar refractivity (Wildman–Crippen MR) is 111 cm³/mol. The molecule has 2 aromatic carbocycles. The molecule has 9 heteroatoms. The van der Waals surface area contributed by atoms with Crippen molar-refractivity contribution < 1.29 is 19.1 Å². The second-order valence-corrected chi connectivity index (χ2v) is 6.76. The fraction of sp³-hybridized carbons (Fsp3) is 0.200. The molecule has 0 atom stereocenters. The van der Waals surface area contributed by atoms with Crippen molar-refractivity contribution >= 4 is 34.8 Å². The monoisotopic (exact) mass is 416 g/mol. The first kappa shape index (κ1) is 20.5. The van der Waals surface area contributed by atoms with E-state index in [-0.39, 0.29) is 12.5 Å². The van der Waals surface area contributed by atoms with E-state index in [1.54, 1.807) is 47.5 Å². The third kappa shape index (κ3) is 4.79. The standard InChI is InChI=1S/C20H21ClN4O4/c1-25-19(16(21)10-23-25)15-9-13(6-7-17(15)29-11-18(22)26)24-20(27)12-4-3-5-14(8-12)28-2/h3-9,23H,10-11H2,1-2H3,(H2,22,26)(H,24,27). The minimum atomic E-state index is -0.593. The van der Waals surface area contributed by atoms with Gasteiger partial charge >= 0.3 is 0 Å². The number of ether oxygens (including phenoxy) is 2. The number of hydrazine groups is 1. The van der Waals surface area contributed by atoms with Gasteiger partial charge in [-0.25, -0.2) is 5.43 Å². The van der Waals surface area contributed by atoms with E-state index in [1.165, 1.54) is 7.11 Å². The molecule has 0 unspecified atom stereocenters. The number of primary amides is 1. The van der Waals surface area contributed by atoms with Crippen LogP contribution in [0.1, 0.15) is 15.9 Å². The van der Waals surface area contributed by atoms with Gasteiger partial charge in [0.2, 0.25) is 0 Å². The van der Waals surface area contributed by atoms with Gasteiger partial charge in [0.1, 0.15) is 11.5 Å². The molecule has 0 radical (unpaired) electrons. The molecule has 0 saturated heterocycles. The molecule has 0 aliphatic carbocycles. The number of carbonyl (C=O) groups is 2. The maximum Gasteiger partial charge on any atom is 0.255 e. The minimum Gasteiger partial charge on any atom is -0.497 e. The average molecular weight is 417 g/mol. The quantitative estimate of drug-likeness (QED) is 0.638. The Morgan fingerprint density at radius 1 is 1.28 bits per heavy atom. The SMILES string of the molecule is COc1cccc(C(=O)Nc2ccc(OCC(N)=O)c(C3=C(Cl)CNN3C)c2)c1. The molecule has 3 rings (SSSR count). The fourth-order valence-electron chi connectivity index (χ4n) is 2.89. The van der Waals surface area contributed by atoms with E-state index in [2.05, 4.69) is 10.7 Å². The summed E-state index contributed by atoms with van der Waals surface area (Å²) in [4.78, 5) is 23.7. The zero-order chi connectivity index (χ0) is 21.0. The first-order valence-electron chi connectivity index (χ1n) is 8.76. The van der Waals surface area contributed by atoms with Crippen molar-refractivity contribution in [2.24, 2.45) is 5.73 Å². The van der Waals surface area contributed by atoms with Gasteiger partial charge in [0, 0.05) is 23.9 Å². The Hall–Kier alpha value is -3.23. The van der Waals surface area contributed by atoms with Crippen LogP contribution in [0.3, 0.4) is 0 Å². The van der Waals surface area contributed by atoms with Gasteiger partial charge in [0.25, 0.3) is 11.8 Å². The number of halogens is 1. The molecule has 8 nitrogen and oxygen atoms in total. The van der Waals surface area contributed by atoms with Gasteiger partial charge in [-0.15, -0.1) is 0 Å². The highest BCUT2D eigenvalue weighted by atomic mass is 35.5. The molecule has 0 spiro atoms. The van der Waals surface area contributed by atoms with E-state index >= 15 is 0 Å². The molecule has 1 aliphatic rings. The van der Waals surface area contributed by atoms with Crippen LogP contribution < -0.4 is 25.9 Å². The second kappa shape index (κ2) is 8.85. The van der Waals surface area contributed by atoms with Crippen molar-refractivity contribution in [1.29, 1.82) is 0 Å². The summed E-state index contributed by atoms with van der Waals surface area (Å²) in [6.07, 6.45) is 0. The summed E-state index contributed by atoms with van der Waals surface area (Å²) in [5, 5.41) is 5.18. The summed E-state index contributed by atoms with van der Waals surface area (Å²) < 4.78 is 10.7. The number of amides is 2. The Morgan fingerprint density at radius 2 is 2.07 bits per heavy atom. The van der Waals surface area contributed by atoms with Crippen LogP contribution in [-0.4, -0.2) is 44.1 Å². The lowest BCUT2D eigenvalue weighted by atomic mass is 10.1. The van der Waals surface area contributed by atoms with E-state index in [9.17, 15) is 9.59 Å². The van der Waals surface area contributed by atoms with Crippen LogP contribution >= 0.6 is 11.6 Å². The number of carbonyl (C=O) groups excluding carboxylic acids is 2. The summed E-state index contributed by atoms with van der Waals surface area (Å²) in [6, 6.07) is 11.9. The zero-order valence-electron chi connectivity index (χ0n) is 16.0. The molecule has 2 amide bonds. The first-order valence-corrected chi connectivity index (χ1v) is 9.13. The van der Waals surface area contributed by atoms with Gasteiger partial charge in [-0.2, -0.15) is 0 Å². The van der Waals surface area contributed by atoms with Crippen LogP contribution in [0.25, 0.3) is 5.70 Å². The van der Waals surface area contributed by atoms with Crippen molar-refractivity contribution in [2.75, 3.05) is 32.6 Å². The lowest BCUT2D eigenvalue weighted by Gasteiger charge is -2.20. The average Bonchev–Trinajstić information content (AvgIpc) is 3.04. The number of hydrogen-bond donors (Lipinski definition) is 3. The highest BCUT2D eigenvalue weighted by Crippen LogP contribution is 2.35. The molecular formula is C20H21ClN4O4. The Bertz CT molecular complexity index is 977. The molecule has 0 bridgehead atoms. The van der Waals surface area contributed by atoms with Crippen LogP contribution in [0, 0.1) is 0 Å². The molecule has 2 aromatic rings. The molecule has 1 heterocycles. The van der Waals surface area contributed by atoms with Crippen LogP contribution in [0.2, 0.25) is 0 Å². The van der Waals surface area contributed by atoms with Gasteiger partial charge in [0.05, 0.1) is 24.4 Å². The van der Waals surface area contributed by atoms with Gasteiger partial charge < -0.3 is 25.5 Å². The smallest absolute Gasteiger partial charge is 0.255 e. The van der Waals surface area contributed by atoms with Gasteiger partial charge in [0.15, 0.2) is 6.61 Å². The van der Waals surface area contributed by atoms with Crippen LogP contribution in [0.5, 0.6) is 11.5 Å². The topological polar surface area (TPSA) is 106 Å². The molecular weight excluding hydrogens is 396 g/mol. The number of benzene rings is 2. The van der Waals surface area contributed by atoms with Crippen molar-refractivity contribution in [3.05, 3.63) is 58.6 Å². The Morgan fingerprint density at radius 3 is 2.72 bits per heavy atom. The highest BCUT2D eigenvalue weighted by molar-refractivity contribution is 6.33. The Kier molecular flexibility index (Phi) is 6.26. The number of anilines is 1.